The average molecular weight is 199 g/mol. The lowest BCUT2D eigenvalue weighted by Gasteiger charge is -2.08. The van der Waals surface area contributed by atoms with E-state index in [1.54, 1.807) is 14.2 Å². The van der Waals surface area contributed by atoms with Crippen LogP contribution in [0.5, 0.6) is 11.5 Å². The Morgan fingerprint density at radius 1 is 1.23 bits per heavy atom. The fraction of sp³-hybridized carbons (Fsp3) is 0.333. The third-order valence-electron chi connectivity index (χ3n) is 1.58. The lowest BCUT2D eigenvalue weighted by molar-refractivity contribution is 0.394. The maximum Gasteiger partial charge on any atom is 0.134 e. The minimum Gasteiger partial charge on any atom is -0.497 e. The van der Waals surface area contributed by atoms with Gasteiger partial charge in [0.05, 0.1) is 19.1 Å². The summed E-state index contributed by atoms with van der Waals surface area (Å²) in [7, 11) is 5.17. The van der Waals surface area contributed by atoms with Crippen LogP contribution in [0.25, 0.3) is 0 Å². The highest BCUT2D eigenvalue weighted by Crippen LogP contribution is 2.30. The Balaban J connectivity index is 2.95. The predicted molar refractivity (Wildman–Crippen MR) is 54.5 cm³/mol. The normalized spacial score (nSPS) is 9.77. The van der Waals surface area contributed by atoms with Crippen molar-refractivity contribution in [3.8, 4) is 11.5 Å². The molecular formula is C9H13NO2S. The molecule has 1 N–H and O–H groups in total. The van der Waals surface area contributed by atoms with E-state index in [0.717, 1.165) is 16.4 Å². The van der Waals surface area contributed by atoms with Crippen LogP contribution in [0.4, 0.5) is 0 Å². The van der Waals surface area contributed by atoms with Crippen LogP contribution in [0.15, 0.2) is 23.1 Å². The Morgan fingerprint density at radius 3 is 2.54 bits per heavy atom. The summed E-state index contributed by atoms with van der Waals surface area (Å²) >= 11 is 1.50. The van der Waals surface area contributed by atoms with Crippen molar-refractivity contribution in [1.82, 2.24) is 4.72 Å². The van der Waals surface area contributed by atoms with Crippen molar-refractivity contribution >= 4 is 11.9 Å². The summed E-state index contributed by atoms with van der Waals surface area (Å²) in [6.07, 6.45) is 0. The number of methoxy groups -OCH3 is 2. The van der Waals surface area contributed by atoms with Gasteiger partial charge >= 0.3 is 0 Å². The minimum atomic E-state index is 0.832. The van der Waals surface area contributed by atoms with Crippen molar-refractivity contribution in [3.63, 3.8) is 0 Å². The van der Waals surface area contributed by atoms with Gasteiger partial charge in [-0.1, -0.05) is 0 Å². The zero-order valence-electron chi connectivity index (χ0n) is 7.96. The van der Waals surface area contributed by atoms with E-state index in [2.05, 4.69) is 4.72 Å². The van der Waals surface area contributed by atoms with E-state index in [-0.39, 0.29) is 0 Å². The van der Waals surface area contributed by atoms with Gasteiger partial charge in [0.25, 0.3) is 0 Å². The van der Waals surface area contributed by atoms with E-state index < -0.39 is 0 Å². The fourth-order valence-corrected chi connectivity index (χ4v) is 1.62. The molecule has 0 aliphatic rings. The molecule has 0 fully saturated rings. The zero-order valence-corrected chi connectivity index (χ0v) is 8.77. The molecule has 0 spiro atoms. The molecule has 0 aromatic heterocycles. The smallest absolute Gasteiger partial charge is 0.134 e. The van der Waals surface area contributed by atoms with E-state index in [1.165, 1.54) is 11.9 Å². The third kappa shape index (κ3) is 2.54. The zero-order chi connectivity index (χ0) is 9.68. The van der Waals surface area contributed by atoms with Crippen LogP contribution >= 0.6 is 11.9 Å². The number of nitrogens with one attached hydrogen (secondary N) is 1. The molecule has 0 bridgehead atoms. The van der Waals surface area contributed by atoms with E-state index >= 15 is 0 Å². The Hall–Kier alpha value is -0.870. The third-order valence-corrected chi connectivity index (χ3v) is 2.33. The van der Waals surface area contributed by atoms with Crippen LogP contribution in [0.1, 0.15) is 0 Å². The molecule has 0 atom stereocenters. The van der Waals surface area contributed by atoms with Crippen molar-refractivity contribution in [3.05, 3.63) is 18.2 Å². The fourth-order valence-electron chi connectivity index (χ4n) is 0.974. The molecule has 0 heterocycles. The van der Waals surface area contributed by atoms with Crippen molar-refractivity contribution in [2.24, 2.45) is 0 Å². The van der Waals surface area contributed by atoms with Gasteiger partial charge in [-0.15, -0.1) is 0 Å². The van der Waals surface area contributed by atoms with E-state index in [4.69, 9.17) is 9.47 Å². The summed E-state index contributed by atoms with van der Waals surface area (Å²) in [4.78, 5) is 1.02. The molecule has 0 aliphatic carbocycles. The summed E-state index contributed by atoms with van der Waals surface area (Å²) in [5, 5.41) is 0. The molecule has 13 heavy (non-hydrogen) atoms. The summed E-state index contributed by atoms with van der Waals surface area (Å²) in [5.41, 5.74) is 0. The van der Waals surface area contributed by atoms with E-state index in [0.29, 0.717) is 0 Å². The standard InChI is InChI=1S/C9H13NO2S/c1-10-13-9-6-7(11-2)4-5-8(9)12-3/h4-6,10H,1-3H3. The number of hydrogen-bond donors (Lipinski definition) is 1. The average Bonchev–Trinajstić information content (AvgIpc) is 2.18. The lowest BCUT2D eigenvalue weighted by atomic mass is 10.3. The van der Waals surface area contributed by atoms with Gasteiger partial charge in [0.2, 0.25) is 0 Å². The first kappa shape index (κ1) is 10.2. The van der Waals surface area contributed by atoms with Crippen LogP contribution in [-0.2, 0) is 0 Å². The highest BCUT2D eigenvalue weighted by atomic mass is 32.2. The van der Waals surface area contributed by atoms with Gasteiger partial charge in [-0.3, -0.25) is 4.72 Å². The molecule has 4 heteroatoms. The van der Waals surface area contributed by atoms with Crippen molar-refractivity contribution in [2.75, 3.05) is 21.3 Å². The monoisotopic (exact) mass is 199 g/mol. The van der Waals surface area contributed by atoms with Gasteiger partial charge < -0.3 is 9.47 Å². The largest absolute Gasteiger partial charge is 0.497 e. The highest BCUT2D eigenvalue weighted by molar-refractivity contribution is 7.97. The maximum atomic E-state index is 5.18. The van der Waals surface area contributed by atoms with Crippen molar-refractivity contribution in [2.45, 2.75) is 4.90 Å². The summed E-state index contributed by atoms with van der Waals surface area (Å²) < 4.78 is 13.3. The Morgan fingerprint density at radius 2 is 2.00 bits per heavy atom. The highest BCUT2D eigenvalue weighted by Gasteiger charge is 2.03. The molecule has 0 aliphatic heterocycles. The topological polar surface area (TPSA) is 30.5 Å². The number of hydrogen-bond acceptors (Lipinski definition) is 4. The van der Waals surface area contributed by atoms with Crippen LogP contribution in [0.3, 0.4) is 0 Å². The molecule has 3 nitrogen and oxygen atoms in total. The Bertz CT molecular complexity index is 278. The molecule has 0 saturated carbocycles. The second kappa shape index (κ2) is 4.99. The molecule has 1 aromatic rings. The minimum absolute atomic E-state index is 0.832. The van der Waals surface area contributed by atoms with Gasteiger partial charge in [-0.05, 0) is 37.2 Å². The van der Waals surface area contributed by atoms with Gasteiger partial charge in [0, 0.05) is 0 Å². The molecule has 72 valence electrons. The first-order chi connectivity index (χ1) is 6.31. The first-order valence-electron chi connectivity index (χ1n) is 3.87. The van der Waals surface area contributed by atoms with Crippen LogP contribution < -0.4 is 14.2 Å². The summed E-state index contributed by atoms with van der Waals surface area (Å²) in [5.74, 6) is 1.68. The van der Waals surface area contributed by atoms with Gasteiger partial charge in [0.1, 0.15) is 11.5 Å². The van der Waals surface area contributed by atoms with Crippen LogP contribution in [0, 0.1) is 0 Å². The molecule has 1 aromatic carbocycles. The van der Waals surface area contributed by atoms with Crippen molar-refractivity contribution < 1.29 is 9.47 Å². The SMILES string of the molecule is CNSc1cc(OC)ccc1OC. The van der Waals surface area contributed by atoms with E-state index in [1.807, 2.05) is 25.2 Å². The quantitative estimate of drug-likeness (QED) is 0.751. The summed E-state index contributed by atoms with van der Waals surface area (Å²) in [6, 6.07) is 5.69. The van der Waals surface area contributed by atoms with Gasteiger partial charge in [-0.2, -0.15) is 0 Å². The molecule has 0 unspecified atom stereocenters. The molecule has 0 saturated heterocycles. The second-order valence-corrected chi connectivity index (χ2v) is 3.38. The first-order valence-corrected chi connectivity index (χ1v) is 4.69. The molecule has 1 rings (SSSR count). The molecule has 0 radical (unpaired) electrons. The molecule has 0 amide bonds. The second-order valence-electron chi connectivity index (χ2n) is 2.32. The number of rotatable bonds is 4. The van der Waals surface area contributed by atoms with Gasteiger partial charge in [0.15, 0.2) is 0 Å². The van der Waals surface area contributed by atoms with Crippen LogP contribution in [-0.4, -0.2) is 21.3 Å². The Labute approximate surface area is 82.6 Å². The van der Waals surface area contributed by atoms with Crippen molar-refractivity contribution in [1.29, 1.82) is 0 Å². The Kier molecular flexibility index (Phi) is 3.92. The maximum absolute atomic E-state index is 5.18. The number of benzene rings is 1. The number of ether oxygens (including phenoxy) is 2. The molecular weight excluding hydrogens is 186 g/mol. The predicted octanol–water partition coefficient (Wildman–Crippen LogP) is 1.93. The van der Waals surface area contributed by atoms with Crippen LogP contribution in [0.2, 0.25) is 0 Å². The summed E-state index contributed by atoms with van der Waals surface area (Å²) in [6.45, 7) is 0. The van der Waals surface area contributed by atoms with Gasteiger partial charge in [-0.25, -0.2) is 0 Å². The lowest BCUT2D eigenvalue weighted by Crippen LogP contribution is -1.94. The van der Waals surface area contributed by atoms with E-state index in [9.17, 15) is 0 Å².